The van der Waals surface area contributed by atoms with Crippen molar-refractivity contribution in [2.75, 3.05) is 11.2 Å². The number of hydrogen-bond donors (Lipinski definition) is 6. The Morgan fingerprint density at radius 1 is 1.13 bits per heavy atom. The second kappa shape index (κ2) is 12.4. The first kappa shape index (κ1) is 32.4. The predicted octanol–water partition coefficient (Wildman–Crippen LogP) is 5.03. The van der Waals surface area contributed by atoms with Gasteiger partial charge in [-0.05, 0) is 70.1 Å². The highest BCUT2D eigenvalue weighted by molar-refractivity contribution is 8.76. The van der Waals surface area contributed by atoms with Crippen molar-refractivity contribution in [1.29, 1.82) is 0 Å². The maximum atomic E-state index is 15.2. The van der Waals surface area contributed by atoms with Crippen LogP contribution in [0.4, 0.5) is 5.69 Å². The lowest BCUT2D eigenvalue weighted by molar-refractivity contribution is -0.0232. The molecule has 0 spiro atoms. The molecule has 2 aliphatic heterocycles. The van der Waals surface area contributed by atoms with Crippen molar-refractivity contribution >= 4 is 44.2 Å². The van der Waals surface area contributed by atoms with Crippen molar-refractivity contribution in [3.8, 4) is 11.5 Å². The summed E-state index contributed by atoms with van der Waals surface area (Å²) in [5.74, 6) is 1.78. The molecule has 47 heavy (non-hydrogen) atoms. The van der Waals surface area contributed by atoms with Gasteiger partial charge in [0, 0.05) is 47.0 Å². The molecular weight excluding hydrogens is 641 g/mol. The third-order valence-electron chi connectivity index (χ3n) is 10.0. The third kappa shape index (κ3) is 5.94. The van der Waals surface area contributed by atoms with Gasteiger partial charge in [0.2, 0.25) is 5.43 Å². The van der Waals surface area contributed by atoms with Gasteiger partial charge in [-0.2, -0.15) is 0 Å². The number of aliphatic imine (C=N–C) groups is 1. The normalized spacial score (nSPS) is 26.0. The summed E-state index contributed by atoms with van der Waals surface area (Å²) in [5, 5.41) is 33.3. The minimum absolute atomic E-state index is 0.0524. The fourth-order valence-corrected chi connectivity index (χ4v) is 9.90. The molecule has 3 aromatic rings. The largest absolute Gasteiger partial charge is 0.489 e. The monoisotopic (exact) mass is 682 g/mol. The summed E-state index contributed by atoms with van der Waals surface area (Å²) in [6.07, 6.45) is 4.61. The van der Waals surface area contributed by atoms with Crippen molar-refractivity contribution < 1.29 is 29.3 Å². The number of nitrogens with two attached hydrogens (primary N) is 2. The number of fused-ring (bicyclic) bond motifs is 2. The zero-order chi connectivity index (χ0) is 33.1. The summed E-state index contributed by atoms with van der Waals surface area (Å²) < 4.78 is 20.2. The number of hydrogen-bond acceptors (Lipinski definition) is 11. The summed E-state index contributed by atoms with van der Waals surface area (Å²) in [4.78, 5) is 19.7. The molecule has 1 fully saturated rings. The van der Waals surface area contributed by atoms with Crippen LogP contribution in [-0.4, -0.2) is 51.0 Å². The maximum absolute atomic E-state index is 15.2. The average Bonchev–Trinajstić information content (AvgIpc) is 3.71. The van der Waals surface area contributed by atoms with Gasteiger partial charge in [-0.25, -0.2) is 4.99 Å². The molecule has 2 bridgehead atoms. The molecule has 4 atom stereocenters. The molecule has 0 radical (unpaired) electrons. The Labute approximate surface area is 280 Å². The molecule has 11 nitrogen and oxygen atoms in total. The van der Waals surface area contributed by atoms with Crippen molar-refractivity contribution in [3.63, 3.8) is 0 Å². The Hall–Kier alpha value is -3.10. The smallest absolute Gasteiger partial charge is 0.200 e. The Balaban J connectivity index is 1.52. The highest BCUT2D eigenvalue weighted by Crippen LogP contribution is 2.53. The minimum atomic E-state index is -1.52. The number of nitrogens with one attached hydrogen (secondary N) is 1. The first-order valence-electron chi connectivity index (χ1n) is 16.3. The lowest BCUT2D eigenvalue weighted by Crippen LogP contribution is -2.39. The average molecular weight is 683 g/mol. The van der Waals surface area contributed by atoms with Crippen molar-refractivity contribution in [2.24, 2.45) is 16.5 Å². The van der Waals surface area contributed by atoms with E-state index in [2.05, 4.69) is 10.5 Å². The van der Waals surface area contributed by atoms with Gasteiger partial charge in [-0.3, -0.25) is 15.5 Å². The zero-order valence-corrected chi connectivity index (χ0v) is 28.2. The lowest BCUT2D eigenvalue weighted by atomic mass is 9.72. The van der Waals surface area contributed by atoms with E-state index < -0.39 is 23.3 Å². The number of rotatable bonds is 6. The van der Waals surface area contributed by atoms with Crippen LogP contribution in [0.2, 0.25) is 0 Å². The SMILES string of the molecule is CC(C)(O)[C@H]1Cc2c(c3c4oc5c(c(=O)c4c2OC2CCCC2)[C@@H](c2ccc(NO)cc2)CC[C@@]5(O)C[C@@H](N=C(N)N)CSSC3)O1. The predicted molar refractivity (Wildman–Crippen MR) is 185 cm³/mol. The van der Waals surface area contributed by atoms with E-state index in [0.717, 1.165) is 36.8 Å². The quantitative estimate of drug-likeness (QED) is 0.0883. The molecule has 2 aliphatic carbocycles. The summed E-state index contributed by atoms with van der Waals surface area (Å²) in [6, 6.07) is 6.81. The van der Waals surface area contributed by atoms with E-state index in [1.54, 1.807) is 47.6 Å². The van der Waals surface area contributed by atoms with Gasteiger partial charge < -0.3 is 35.6 Å². The standard InChI is InChI=1S/C34H42N4O7S2/c1-33(2,40)24-13-22-28(44-24)23-16-47-46-15-19(37-32(35)36)14-34(41)12-11-21(17-7-9-18(38-42)10-8-17)25-27(39)26(30(23)45-31(25)34)29(22)43-20-5-3-4-6-20/h7-10,19-21,24,38,40-42H,3-6,11-16H2,1-2H3,(H4,35,36,37)/t19-,21-,24-,34-/m1/s1. The van der Waals surface area contributed by atoms with Crippen LogP contribution in [-0.2, 0) is 17.8 Å². The van der Waals surface area contributed by atoms with Crippen LogP contribution in [0.5, 0.6) is 11.5 Å². The van der Waals surface area contributed by atoms with E-state index in [9.17, 15) is 15.4 Å². The Morgan fingerprint density at radius 3 is 2.55 bits per heavy atom. The number of ether oxygens (including phenoxy) is 2. The Bertz CT molecular complexity index is 1760. The summed E-state index contributed by atoms with van der Waals surface area (Å²) >= 11 is 0. The lowest BCUT2D eigenvalue weighted by Gasteiger charge is -2.38. The van der Waals surface area contributed by atoms with Crippen LogP contribution in [0, 0.1) is 0 Å². The summed E-state index contributed by atoms with van der Waals surface area (Å²) in [7, 11) is 3.16. The van der Waals surface area contributed by atoms with E-state index in [-0.39, 0.29) is 35.6 Å². The molecule has 8 N–H and O–H groups in total. The number of aliphatic hydroxyl groups is 2. The molecule has 1 aromatic heterocycles. The van der Waals surface area contributed by atoms with Crippen LogP contribution in [0.1, 0.15) is 92.7 Å². The highest BCUT2D eigenvalue weighted by Gasteiger charge is 2.47. The first-order valence-corrected chi connectivity index (χ1v) is 18.8. The summed E-state index contributed by atoms with van der Waals surface area (Å²) in [6.45, 7) is 3.45. The summed E-state index contributed by atoms with van der Waals surface area (Å²) in [5.41, 5.74) is 14.5. The van der Waals surface area contributed by atoms with Gasteiger partial charge in [0.15, 0.2) is 5.96 Å². The van der Waals surface area contributed by atoms with E-state index in [1.165, 1.54) is 0 Å². The topological polar surface area (TPSA) is 186 Å². The number of anilines is 1. The molecule has 4 aliphatic rings. The van der Waals surface area contributed by atoms with Crippen molar-refractivity contribution in [3.05, 3.63) is 62.5 Å². The van der Waals surface area contributed by atoms with E-state index >= 15 is 4.79 Å². The van der Waals surface area contributed by atoms with Crippen LogP contribution >= 0.6 is 21.6 Å². The minimum Gasteiger partial charge on any atom is -0.489 e. The van der Waals surface area contributed by atoms with E-state index in [1.807, 2.05) is 12.1 Å². The number of benzene rings is 2. The first-order chi connectivity index (χ1) is 22.5. The second-order valence-electron chi connectivity index (χ2n) is 13.8. The van der Waals surface area contributed by atoms with Crippen LogP contribution in [0.25, 0.3) is 11.0 Å². The molecular formula is C34H42N4O7S2. The Morgan fingerprint density at radius 2 is 1.87 bits per heavy atom. The number of guanidine groups is 1. The van der Waals surface area contributed by atoms with Crippen LogP contribution in [0.3, 0.4) is 0 Å². The van der Waals surface area contributed by atoms with Crippen LogP contribution in [0.15, 0.2) is 38.5 Å². The van der Waals surface area contributed by atoms with E-state index in [0.29, 0.717) is 70.1 Å². The van der Waals surface area contributed by atoms with Gasteiger partial charge in [0.1, 0.15) is 39.9 Å². The third-order valence-corrected chi connectivity index (χ3v) is 12.4. The van der Waals surface area contributed by atoms with Gasteiger partial charge in [0.05, 0.1) is 23.4 Å². The Kier molecular flexibility index (Phi) is 8.57. The second-order valence-corrected chi connectivity index (χ2v) is 16.3. The molecule has 1 saturated carbocycles. The van der Waals surface area contributed by atoms with Crippen molar-refractivity contribution in [2.45, 2.75) is 106 Å². The van der Waals surface area contributed by atoms with Gasteiger partial charge in [-0.1, -0.05) is 33.7 Å². The van der Waals surface area contributed by atoms with Gasteiger partial charge >= 0.3 is 0 Å². The van der Waals surface area contributed by atoms with Gasteiger partial charge in [0.25, 0.3) is 0 Å². The van der Waals surface area contributed by atoms with Crippen molar-refractivity contribution in [1.82, 2.24) is 0 Å². The fraction of sp³-hybridized carbons (Fsp3) is 0.529. The molecule has 13 heteroatoms. The maximum Gasteiger partial charge on any atom is 0.200 e. The number of nitrogens with zero attached hydrogens (tertiary/aromatic N) is 1. The molecule has 0 unspecified atom stereocenters. The molecule has 3 heterocycles. The zero-order valence-electron chi connectivity index (χ0n) is 26.6. The molecule has 0 amide bonds. The van der Waals surface area contributed by atoms with E-state index in [4.69, 9.17) is 25.4 Å². The fourth-order valence-electron chi connectivity index (χ4n) is 7.62. The molecule has 2 aromatic carbocycles. The molecule has 0 saturated heterocycles. The molecule has 252 valence electrons. The molecule has 7 rings (SSSR count). The highest BCUT2D eigenvalue weighted by atomic mass is 33.1. The van der Waals surface area contributed by atoms with Crippen LogP contribution < -0.4 is 31.8 Å². The van der Waals surface area contributed by atoms with Gasteiger partial charge in [-0.15, -0.1) is 0 Å².